The third-order valence-electron chi connectivity index (χ3n) is 7.87. The number of nitrogens with one attached hydrogen (secondary N) is 1. The van der Waals surface area contributed by atoms with Crippen molar-refractivity contribution < 1.29 is 17.7 Å². The van der Waals surface area contributed by atoms with Crippen LogP contribution >= 0.6 is 0 Å². The van der Waals surface area contributed by atoms with Gasteiger partial charge in [0.05, 0.1) is 0 Å². The topological polar surface area (TPSA) is 99.0 Å². The summed E-state index contributed by atoms with van der Waals surface area (Å²) in [6.45, 7) is 1.64. The number of likely N-dealkylation sites (tertiary alicyclic amines) is 1. The van der Waals surface area contributed by atoms with Crippen LogP contribution in [0.3, 0.4) is 0 Å². The molecule has 0 aromatic carbocycles. The highest BCUT2D eigenvalue weighted by Gasteiger charge is 2.54. The number of piperazine rings is 1. The molecule has 6 rings (SSSR count). The zero-order valence-corrected chi connectivity index (χ0v) is 18.8. The summed E-state index contributed by atoms with van der Waals surface area (Å²) in [4.78, 5) is 14.9. The molecule has 0 radical (unpaired) electrons. The van der Waals surface area contributed by atoms with E-state index in [1.165, 1.54) is 0 Å². The lowest BCUT2D eigenvalue weighted by Gasteiger charge is -2.45. The van der Waals surface area contributed by atoms with Crippen molar-refractivity contribution in [3.63, 3.8) is 0 Å². The summed E-state index contributed by atoms with van der Waals surface area (Å²) in [5, 5.41) is 7.03. The molecule has 5 atom stereocenters. The molecule has 0 spiro atoms. The van der Waals surface area contributed by atoms with E-state index in [0.29, 0.717) is 24.5 Å². The van der Waals surface area contributed by atoms with Crippen LogP contribution in [-0.2, 0) is 10.2 Å². The fraction of sp³-hybridized carbons (Fsp3) is 0.810. The second-order valence-electron chi connectivity index (χ2n) is 10.2. The van der Waals surface area contributed by atoms with Gasteiger partial charge in [-0.05, 0) is 58.4 Å². The smallest absolute Gasteiger partial charge is 0.283 e. The molecule has 1 aromatic rings. The third-order valence-corrected chi connectivity index (χ3v) is 10.1. The Morgan fingerprint density at radius 3 is 2.19 bits per heavy atom. The van der Waals surface area contributed by atoms with E-state index >= 15 is 0 Å². The van der Waals surface area contributed by atoms with Gasteiger partial charge >= 0.3 is 0 Å². The van der Waals surface area contributed by atoms with Gasteiger partial charge in [0, 0.05) is 55.3 Å². The number of carbonyl (C=O) groups excluding carboxylic acids is 1. The molecule has 170 valence electrons. The van der Waals surface area contributed by atoms with Gasteiger partial charge in [0.1, 0.15) is 5.76 Å². The van der Waals surface area contributed by atoms with Gasteiger partial charge in [-0.25, -0.2) is 0 Å². The van der Waals surface area contributed by atoms with E-state index in [1.807, 2.05) is 4.31 Å². The number of hydrogen-bond acceptors (Lipinski definition) is 6. The van der Waals surface area contributed by atoms with Crippen LogP contribution in [0.15, 0.2) is 10.6 Å². The van der Waals surface area contributed by atoms with E-state index in [2.05, 4.69) is 22.4 Å². The Hall–Kier alpha value is -1.49. The molecule has 4 saturated heterocycles. The first-order valence-corrected chi connectivity index (χ1v) is 13.1. The van der Waals surface area contributed by atoms with Crippen molar-refractivity contribution in [3.8, 4) is 0 Å². The minimum atomic E-state index is -3.48. The molecule has 1 aliphatic carbocycles. The lowest BCUT2D eigenvalue weighted by atomic mass is 9.99. The van der Waals surface area contributed by atoms with Crippen LogP contribution in [0.2, 0.25) is 0 Å². The molecule has 4 aliphatic heterocycles. The number of nitrogens with zero attached hydrogens (tertiary/aromatic N) is 4. The van der Waals surface area contributed by atoms with Gasteiger partial charge in [-0.1, -0.05) is 5.16 Å². The van der Waals surface area contributed by atoms with E-state index in [1.54, 1.807) is 10.4 Å². The third kappa shape index (κ3) is 3.42. The van der Waals surface area contributed by atoms with Gasteiger partial charge in [0.15, 0.2) is 5.69 Å². The maximum absolute atomic E-state index is 13.7. The van der Waals surface area contributed by atoms with Crippen molar-refractivity contribution in [2.75, 3.05) is 20.1 Å². The fourth-order valence-corrected chi connectivity index (χ4v) is 8.86. The van der Waals surface area contributed by atoms with Crippen molar-refractivity contribution >= 4 is 16.1 Å². The molecular formula is C21H31N5O4S. The number of rotatable bonds is 5. The number of hydrogen-bond donors (Lipinski definition) is 1. The molecule has 5 fully saturated rings. The molecule has 1 saturated carbocycles. The van der Waals surface area contributed by atoms with Crippen molar-refractivity contribution in [2.24, 2.45) is 0 Å². The standard InChI is InChI=1S/C21H31N5O4S/c1-24-11-17-6-7-18(12-24)26(17)31(28,29)25-15-4-5-16(25)9-14(8-15)22-21(27)19-10-20(30-23-19)13-2-3-13/h10,13-18H,2-9,11-12H2,1H3,(H,22,27)/t14-,15+,16-,17?,18?. The first kappa shape index (κ1) is 20.1. The van der Waals surface area contributed by atoms with Gasteiger partial charge in [0.25, 0.3) is 16.1 Å². The van der Waals surface area contributed by atoms with Crippen LogP contribution in [0.4, 0.5) is 0 Å². The van der Waals surface area contributed by atoms with E-state index in [9.17, 15) is 13.2 Å². The number of amides is 1. The first-order chi connectivity index (χ1) is 14.9. The number of piperidine rings is 1. The predicted octanol–water partition coefficient (Wildman–Crippen LogP) is 1.30. The quantitative estimate of drug-likeness (QED) is 0.728. The summed E-state index contributed by atoms with van der Waals surface area (Å²) in [5.41, 5.74) is 0.332. The van der Waals surface area contributed by atoms with Crippen LogP contribution in [0, 0.1) is 0 Å². The zero-order valence-electron chi connectivity index (χ0n) is 17.9. The normalized spacial score (nSPS) is 36.7. The summed E-state index contributed by atoms with van der Waals surface area (Å²) in [6, 6.07) is 1.85. The fourth-order valence-electron chi connectivity index (χ4n) is 6.41. The molecule has 1 amide bonds. The lowest BCUT2D eigenvalue weighted by molar-refractivity contribution is 0.0892. The molecule has 2 unspecified atom stereocenters. The van der Waals surface area contributed by atoms with Crippen molar-refractivity contribution in [2.45, 2.75) is 87.5 Å². The van der Waals surface area contributed by atoms with E-state index in [4.69, 9.17) is 4.52 Å². The van der Waals surface area contributed by atoms with Crippen molar-refractivity contribution in [3.05, 3.63) is 17.5 Å². The van der Waals surface area contributed by atoms with E-state index in [0.717, 1.165) is 57.4 Å². The largest absolute Gasteiger partial charge is 0.360 e. The van der Waals surface area contributed by atoms with Crippen molar-refractivity contribution in [1.82, 2.24) is 24.0 Å². The van der Waals surface area contributed by atoms with Crippen LogP contribution < -0.4 is 5.32 Å². The molecule has 31 heavy (non-hydrogen) atoms. The minimum Gasteiger partial charge on any atom is -0.360 e. The Morgan fingerprint density at radius 2 is 1.58 bits per heavy atom. The number of likely N-dealkylation sites (N-methyl/N-ethyl adjacent to an activating group) is 1. The van der Waals surface area contributed by atoms with Crippen molar-refractivity contribution in [1.29, 1.82) is 0 Å². The summed E-state index contributed by atoms with van der Waals surface area (Å²) < 4.78 is 36.4. The maximum Gasteiger partial charge on any atom is 0.283 e. The molecule has 5 heterocycles. The Kier molecular flexibility index (Phi) is 4.72. The number of aromatic nitrogens is 1. The average Bonchev–Trinajstić information content (AvgIpc) is 3.26. The predicted molar refractivity (Wildman–Crippen MR) is 113 cm³/mol. The monoisotopic (exact) mass is 449 g/mol. The van der Waals surface area contributed by atoms with Gasteiger partial charge < -0.3 is 14.7 Å². The second kappa shape index (κ2) is 7.26. The highest BCUT2D eigenvalue weighted by molar-refractivity contribution is 7.86. The van der Waals surface area contributed by atoms with Crippen LogP contribution in [0.5, 0.6) is 0 Å². The summed E-state index contributed by atoms with van der Waals surface area (Å²) in [6.07, 6.45) is 7.18. The Balaban J connectivity index is 1.14. The highest BCUT2D eigenvalue weighted by Crippen LogP contribution is 2.43. The van der Waals surface area contributed by atoms with Crippen LogP contribution in [0.1, 0.15) is 73.5 Å². The Bertz CT molecular complexity index is 948. The van der Waals surface area contributed by atoms with E-state index < -0.39 is 10.2 Å². The summed E-state index contributed by atoms with van der Waals surface area (Å²) >= 11 is 0. The Morgan fingerprint density at radius 1 is 1.00 bits per heavy atom. The summed E-state index contributed by atoms with van der Waals surface area (Å²) in [7, 11) is -1.40. The summed E-state index contributed by atoms with van der Waals surface area (Å²) in [5.74, 6) is 1.00. The van der Waals surface area contributed by atoms with Gasteiger partial charge in [-0.2, -0.15) is 17.0 Å². The SMILES string of the molecule is CN1CC2CCC(C1)N2S(=O)(=O)N1[C@@H]2CC[C@H]1C[C@@H](NC(=O)c1cc(C3CC3)on1)C2. The maximum atomic E-state index is 13.7. The molecule has 10 heteroatoms. The first-order valence-electron chi connectivity index (χ1n) is 11.7. The average molecular weight is 450 g/mol. The second-order valence-corrected chi connectivity index (χ2v) is 11.9. The highest BCUT2D eigenvalue weighted by atomic mass is 32.2. The molecule has 1 N–H and O–H groups in total. The molecule has 4 bridgehead atoms. The Labute approximate surface area is 183 Å². The number of carbonyl (C=O) groups is 1. The number of fused-ring (bicyclic) bond motifs is 4. The molecular weight excluding hydrogens is 418 g/mol. The molecule has 9 nitrogen and oxygen atoms in total. The van der Waals surface area contributed by atoms with Crippen LogP contribution in [0.25, 0.3) is 0 Å². The van der Waals surface area contributed by atoms with Gasteiger partial charge in [0.2, 0.25) is 0 Å². The van der Waals surface area contributed by atoms with Gasteiger partial charge in [-0.15, -0.1) is 0 Å². The van der Waals surface area contributed by atoms with Gasteiger partial charge in [-0.3, -0.25) is 4.79 Å². The zero-order chi connectivity index (χ0) is 21.3. The molecule has 1 aromatic heterocycles. The molecule has 5 aliphatic rings. The lowest BCUT2D eigenvalue weighted by Crippen LogP contribution is -2.62. The van der Waals surface area contributed by atoms with E-state index in [-0.39, 0.29) is 36.1 Å². The van der Waals surface area contributed by atoms with Crippen LogP contribution in [-0.4, -0.2) is 83.3 Å². The minimum absolute atomic E-state index is 0.0262.